The van der Waals surface area contributed by atoms with Crippen LogP contribution in [-0.2, 0) is 25.3 Å². The summed E-state index contributed by atoms with van der Waals surface area (Å²) in [6.07, 6.45) is 1.57. The molecule has 0 bridgehead atoms. The van der Waals surface area contributed by atoms with Crippen LogP contribution in [0.3, 0.4) is 0 Å². The summed E-state index contributed by atoms with van der Waals surface area (Å²) in [5.74, 6) is -0.989. The molecule has 1 fully saturated rings. The molecule has 1 unspecified atom stereocenters. The molecule has 1 N–H and O–H groups in total. The fourth-order valence-electron chi connectivity index (χ4n) is 4.06. The summed E-state index contributed by atoms with van der Waals surface area (Å²) >= 11 is 0. The minimum Gasteiger partial charge on any atom is -0.462 e. The summed E-state index contributed by atoms with van der Waals surface area (Å²) in [5, 5.41) is 9.64. The van der Waals surface area contributed by atoms with Gasteiger partial charge in [0.05, 0.1) is 29.2 Å². The molecule has 1 aromatic carbocycles. The lowest BCUT2D eigenvalue weighted by Crippen LogP contribution is -2.40. The summed E-state index contributed by atoms with van der Waals surface area (Å²) in [6.45, 7) is 4.70. The molecule has 0 spiro atoms. The van der Waals surface area contributed by atoms with Crippen LogP contribution in [0, 0.1) is 24.2 Å². The maximum absolute atomic E-state index is 12.5. The Morgan fingerprint density at radius 1 is 1.29 bits per heavy atom. The van der Waals surface area contributed by atoms with Crippen molar-refractivity contribution in [3.05, 3.63) is 58.8 Å². The third-order valence-electron chi connectivity index (χ3n) is 5.57. The van der Waals surface area contributed by atoms with Crippen molar-refractivity contribution >= 4 is 27.7 Å². The second-order valence-corrected chi connectivity index (χ2v) is 9.98. The van der Waals surface area contributed by atoms with Crippen LogP contribution in [-0.4, -0.2) is 45.0 Å². The third-order valence-corrected chi connectivity index (χ3v) is 6.82. The van der Waals surface area contributed by atoms with Crippen LogP contribution in [0.15, 0.2) is 36.4 Å². The number of piperidine rings is 1. The molecule has 1 atom stereocenters. The number of ether oxygens (including phenoxy) is 1. The number of hydrogen-bond acceptors (Lipinski definition) is 8. The lowest BCUT2D eigenvalue weighted by molar-refractivity contribution is -0.120. The van der Waals surface area contributed by atoms with Crippen LogP contribution in [0.25, 0.3) is 0 Å². The number of benzene rings is 1. The molecule has 180 valence electrons. The molecule has 0 aliphatic carbocycles. The second kappa shape index (κ2) is 11.1. The largest absolute Gasteiger partial charge is 0.462 e. The monoisotopic (exact) mass is 484 g/mol. The van der Waals surface area contributed by atoms with Crippen LogP contribution in [0.1, 0.15) is 53.4 Å². The Morgan fingerprint density at radius 2 is 2.03 bits per heavy atom. The van der Waals surface area contributed by atoms with Gasteiger partial charge in [0.2, 0.25) is 15.9 Å². The fraction of sp³-hybridized carbons (Fsp3) is 0.417. The van der Waals surface area contributed by atoms with Crippen molar-refractivity contribution in [3.63, 3.8) is 0 Å². The lowest BCUT2D eigenvalue weighted by atomic mass is 9.94. The van der Waals surface area contributed by atoms with Crippen LogP contribution >= 0.6 is 0 Å². The van der Waals surface area contributed by atoms with Gasteiger partial charge < -0.3 is 9.64 Å². The predicted molar refractivity (Wildman–Crippen MR) is 126 cm³/mol. The van der Waals surface area contributed by atoms with Gasteiger partial charge in [-0.15, -0.1) is 0 Å². The molecule has 1 aromatic heterocycles. The average molecular weight is 485 g/mol. The van der Waals surface area contributed by atoms with Crippen LogP contribution < -0.4 is 9.62 Å². The van der Waals surface area contributed by atoms with Crippen molar-refractivity contribution in [2.75, 3.05) is 24.6 Å². The highest BCUT2D eigenvalue weighted by molar-refractivity contribution is 7.89. The van der Waals surface area contributed by atoms with E-state index in [-0.39, 0.29) is 35.8 Å². The molecular weight excluding hydrogens is 456 g/mol. The molecule has 9 nitrogen and oxygen atoms in total. The Balaban J connectivity index is 1.67. The van der Waals surface area contributed by atoms with Gasteiger partial charge in [0, 0.05) is 19.5 Å². The number of nitrogens with zero attached hydrogens (tertiary/aromatic N) is 3. The highest BCUT2D eigenvalue weighted by Crippen LogP contribution is 2.28. The van der Waals surface area contributed by atoms with Gasteiger partial charge in [0.15, 0.2) is 0 Å². The Morgan fingerprint density at radius 3 is 2.71 bits per heavy atom. The van der Waals surface area contributed by atoms with E-state index >= 15 is 0 Å². The Bertz CT molecular complexity index is 1190. The first-order valence-electron chi connectivity index (χ1n) is 11.1. The minimum absolute atomic E-state index is 0.0479. The number of carbonyl (C=O) groups is 2. The van der Waals surface area contributed by atoms with Gasteiger partial charge in [-0.25, -0.2) is 18.2 Å². The smallest absolute Gasteiger partial charge is 0.340 e. The number of aryl methyl sites for hydroxylation is 1. The Kier molecular flexibility index (Phi) is 8.23. The first-order chi connectivity index (χ1) is 16.2. The summed E-state index contributed by atoms with van der Waals surface area (Å²) in [5.41, 5.74) is 1.56. The summed E-state index contributed by atoms with van der Waals surface area (Å²) in [7, 11) is -3.80. The number of pyridine rings is 1. The molecule has 1 aliphatic rings. The van der Waals surface area contributed by atoms with Crippen molar-refractivity contribution in [1.82, 2.24) is 9.71 Å². The SMILES string of the molecule is CCOC(=O)c1cc(C#N)c(N2CCCC(CC(=O)NS(=O)(=O)Cc3ccccc3)C2)nc1C. The van der Waals surface area contributed by atoms with Crippen LogP contribution in [0.2, 0.25) is 0 Å². The maximum Gasteiger partial charge on any atom is 0.340 e. The molecule has 2 aromatic rings. The van der Waals surface area contributed by atoms with Crippen molar-refractivity contribution in [2.24, 2.45) is 5.92 Å². The van der Waals surface area contributed by atoms with E-state index in [2.05, 4.69) is 15.8 Å². The zero-order valence-corrected chi connectivity index (χ0v) is 20.1. The second-order valence-electron chi connectivity index (χ2n) is 8.25. The van der Waals surface area contributed by atoms with E-state index in [9.17, 15) is 23.3 Å². The summed E-state index contributed by atoms with van der Waals surface area (Å²) in [6, 6.07) is 12.3. The molecule has 3 rings (SSSR count). The zero-order chi connectivity index (χ0) is 24.7. The summed E-state index contributed by atoms with van der Waals surface area (Å²) < 4.78 is 31.9. The van der Waals surface area contributed by atoms with Gasteiger partial charge in [-0.3, -0.25) is 9.52 Å². The maximum atomic E-state index is 12.5. The van der Waals surface area contributed by atoms with Gasteiger partial charge in [0.25, 0.3) is 0 Å². The van der Waals surface area contributed by atoms with Crippen molar-refractivity contribution < 1.29 is 22.7 Å². The van der Waals surface area contributed by atoms with Crippen molar-refractivity contribution in [1.29, 1.82) is 5.26 Å². The first-order valence-corrected chi connectivity index (χ1v) is 12.8. The molecule has 34 heavy (non-hydrogen) atoms. The van der Waals surface area contributed by atoms with Gasteiger partial charge in [-0.1, -0.05) is 30.3 Å². The van der Waals surface area contributed by atoms with Gasteiger partial charge in [-0.05, 0) is 44.2 Å². The van der Waals surface area contributed by atoms with Gasteiger partial charge >= 0.3 is 5.97 Å². The first kappa shape index (κ1) is 25.2. The number of anilines is 1. The molecule has 1 saturated heterocycles. The van der Waals surface area contributed by atoms with E-state index in [1.54, 1.807) is 44.2 Å². The van der Waals surface area contributed by atoms with E-state index in [0.29, 0.717) is 30.2 Å². The number of amides is 1. The molecule has 1 aliphatic heterocycles. The highest BCUT2D eigenvalue weighted by atomic mass is 32.2. The fourth-order valence-corrected chi connectivity index (χ4v) is 5.20. The normalized spacial score (nSPS) is 15.9. The number of nitriles is 1. The number of aromatic nitrogens is 1. The van der Waals surface area contributed by atoms with Gasteiger partial charge in [-0.2, -0.15) is 5.26 Å². The number of carbonyl (C=O) groups excluding carboxylic acids is 2. The molecular formula is C24H28N4O5S. The van der Waals surface area contributed by atoms with Crippen LogP contribution in [0.4, 0.5) is 5.82 Å². The molecule has 1 amide bonds. The Hall–Kier alpha value is -3.45. The minimum atomic E-state index is -3.80. The van der Waals surface area contributed by atoms with Crippen LogP contribution in [0.5, 0.6) is 0 Å². The van der Waals surface area contributed by atoms with E-state index in [4.69, 9.17) is 4.74 Å². The van der Waals surface area contributed by atoms with Crippen molar-refractivity contribution in [3.8, 4) is 6.07 Å². The third kappa shape index (κ3) is 6.54. The lowest BCUT2D eigenvalue weighted by Gasteiger charge is -2.34. The highest BCUT2D eigenvalue weighted by Gasteiger charge is 2.27. The number of rotatable bonds is 8. The van der Waals surface area contributed by atoms with E-state index in [0.717, 1.165) is 12.8 Å². The zero-order valence-electron chi connectivity index (χ0n) is 19.3. The molecule has 2 heterocycles. The number of sulfonamides is 1. The van der Waals surface area contributed by atoms with E-state index in [1.807, 2.05) is 4.90 Å². The number of nitrogens with one attached hydrogen (secondary N) is 1. The average Bonchev–Trinajstić information content (AvgIpc) is 2.79. The number of esters is 1. The molecule has 10 heteroatoms. The molecule has 0 radical (unpaired) electrons. The quantitative estimate of drug-likeness (QED) is 0.566. The Labute approximate surface area is 199 Å². The van der Waals surface area contributed by atoms with E-state index < -0.39 is 21.9 Å². The standard InChI is InChI=1S/C24H28N4O5S/c1-3-33-24(30)21-13-20(14-25)23(26-17(21)2)28-11-7-10-19(15-28)12-22(29)27-34(31,32)16-18-8-5-4-6-9-18/h4-6,8-9,13,19H,3,7,10-12,15-16H2,1-2H3,(H,27,29). The predicted octanol–water partition coefficient (Wildman–Crippen LogP) is 2.69. The van der Waals surface area contributed by atoms with Crippen molar-refractivity contribution in [2.45, 2.75) is 38.9 Å². The van der Waals surface area contributed by atoms with E-state index in [1.165, 1.54) is 6.07 Å². The number of hydrogen-bond donors (Lipinski definition) is 1. The molecule has 0 saturated carbocycles. The topological polar surface area (TPSA) is 129 Å². The van der Waals surface area contributed by atoms with Gasteiger partial charge in [0.1, 0.15) is 11.9 Å². The summed E-state index contributed by atoms with van der Waals surface area (Å²) in [4.78, 5) is 31.0.